The number of rotatable bonds is 5. The van der Waals surface area contributed by atoms with E-state index in [1.807, 2.05) is 83.1 Å². The largest absolute Gasteiger partial charge is 0.508 e. The molecule has 5 nitrogen and oxygen atoms in total. The Bertz CT molecular complexity index is 1320. The monoisotopic (exact) mass is 455 g/mol. The second-order valence-corrected chi connectivity index (χ2v) is 8.59. The summed E-state index contributed by atoms with van der Waals surface area (Å²) in [5.74, 6) is 1.83. The second-order valence-electron chi connectivity index (χ2n) is 8.59. The molecule has 34 heavy (non-hydrogen) atoms. The molecule has 0 aromatic heterocycles. The summed E-state index contributed by atoms with van der Waals surface area (Å²) >= 11 is 0. The van der Waals surface area contributed by atoms with Gasteiger partial charge in [-0.15, -0.1) is 0 Å². The minimum atomic E-state index is 0.181. The van der Waals surface area contributed by atoms with Gasteiger partial charge in [-0.25, -0.2) is 0 Å². The number of aryl methyl sites for hydroxylation is 1. The first-order valence-corrected chi connectivity index (χ1v) is 11.1. The molecule has 0 unspecified atom stereocenters. The van der Waals surface area contributed by atoms with Crippen molar-refractivity contribution in [2.45, 2.75) is 34.6 Å². The van der Waals surface area contributed by atoms with E-state index in [-0.39, 0.29) is 17.2 Å². The van der Waals surface area contributed by atoms with Gasteiger partial charge in [-0.05, 0) is 105 Å². The predicted molar refractivity (Wildman–Crippen MR) is 136 cm³/mol. The van der Waals surface area contributed by atoms with Crippen molar-refractivity contribution in [3.63, 3.8) is 0 Å². The van der Waals surface area contributed by atoms with Crippen LogP contribution in [0.3, 0.4) is 0 Å². The molecule has 0 bridgehead atoms. The Morgan fingerprint density at radius 2 is 1.12 bits per heavy atom. The highest BCUT2D eigenvalue weighted by atomic mass is 16.5. The molecule has 0 fully saturated rings. The summed E-state index contributed by atoms with van der Waals surface area (Å²) < 4.78 is 6.06. The van der Waals surface area contributed by atoms with Gasteiger partial charge in [0, 0.05) is 29.2 Å². The van der Waals surface area contributed by atoms with Gasteiger partial charge in [-0.3, -0.25) is 0 Å². The van der Waals surface area contributed by atoms with Gasteiger partial charge < -0.3 is 25.0 Å². The molecule has 174 valence electrons. The van der Waals surface area contributed by atoms with Gasteiger partial charge in [0.2, 0.25) is 0 Å². The lowest BCUT2D eigenvalue weighted by atomic mass is 10.0. The Morgan fingerprint density at radius 3 is 1.68 bits per heavy atom. The van der Waals surface area contributed by atoms with Crippen molar-refractivity contribution >= 4 is 17.1 Å². The van der Waals surface area contributed by atoms with Crippen LogP contribution in [0.2, 0.25) is 0 Å². The molecule has 0 amide bonds. The number of benzene rings is 4. The smallest absolute Gasteiger partial charge is 0.131 e. The van der Waals surface area contributed by atoms with E-state index in [9.17, 15) is 15.3 Å². The quantitative estimate of drug-likeness (QED) is 0.289. The molecule has 5 heteroatoms. The van der Waals surface area contributed by atoms with Crippen LogP contribution in [-0.2, 0) is 0 Å². The van der Waals surface area contributed by atoms with Gasteiger partial charge in [0.25, 0.3) is 0 Å². The van der Waals surface area contributed by atoms with Gasteiger partial charge in [-0.2, -0.15) is 0 Å². The SMILES string of the molecule is Cc1ccc(Oc2cccc(N(c3ccc(O)c(C)c3C)c3ccc(O)c(C)c3C)c2)cc1O. The molecule has 0 atom stereocenters. The van der Waals surface area contributed by atoms with E-state index >= 15 is 0 Å². The van der Waals surface area contributed by atoms with Gasteiger partial charge >= 0.3 is 0 Å². The number of phenols is 3. The highest BCUT2D eigenvalue weighted by Crippen LogP contribution is 2.43. The lowest BCUT2D eigenvalue weighted by molar-refractivity contribution is 0.452. The fourth-order valence-electron chi connectivity index (χ4n) is 3.95. The third kappa shape index (κ3) is 4.25. The van der Waals surface area contributed by atoms with Crippen molar-refractivity contribution in [3.05, 3.63) is 94.5 Å². The zero-order valence-corrected chi connectivity index (χ0v) is 20.0. The van der Waals surface area contributed by atoms with E-state index in [4.69, 9.17) is 4.74 Å². The van der Waals surface area contributed by atoms with Crippen LogP contribution in [-0.4, -0.2) is 15.3 Å². The molecule has 0 saturated carbocycles. The van der Waals surface area contributed by atoms with Crippen molar-refractivity contribution < 1.29 is 20.1 Å². The van der Waals surface area contributed by atoms with E-state index in [1.54, 1.807) is 18.2 Å². The molecule has 0 aliphatic rings. The fraction of sp³-hybridized carbons (Fsp3) is 0.172. The van der Waals surface area contributed by atoms with Gasteiger partial charge in [0.15, 0.2) is 0 Å². The molecule has 4 aromatic rings. The van der Waals surface area contributed by atoms with Crippen molar-refractivity contribution in [1.82, 2.24) is 0 Å². The average Bonchev–Trinajstić information content (AvgIpc) is 2.81. The van der Waals surface area contributed by atoms with Gasteiger partial charge in [-0.1, -0.05) is 12.1 Å². The number of hydrogen-bond donors (Lipinski definition) is 3. The molecule has 4 rings (SSSR count). The van der Waals surface area contributed by atoms with Crippen LogP contribution in [0.15, 0.2) is 66.7 Å². The Morgan fingerprint density at radius 1 is 0.559 bits per heavy atom. The van der Waals surface area contributed by atoms with Crippen LogP contribution in [0.5, 0.6) is 28.7 Å². The van der Waals surface area contributed by atoms with Crippen molar-refractivity contribution in [3.8, 4) is 28.7 Å². The first kappa shape index (κ1) is 23.1. The molecule has 4 aromatic carbocycles. The topological polar surface area (TPSA) is 73.2 Å². The van der Waals surface area contributed by atoms with E-state index in [2.05, 4.69) is 4.90 Å². The summed E-state index contributed by atoms with van der Waals surface area (Å²) in [5.41, 5.74) is 6.96. The maximum absolute atomic E-state index is 10.2. The molecule has 0 spiro atoms. The van der Waals surface area contributed by atoms with Crippen LogP contribution < -0.4 is 9.64 Å². The van der Waals surface area contributed by atoms with E-state index < -0.39 is 0 Å². The minimum Gasteiger partial charge on any atom is -0.508 e. The average molecular weight is 456 g/mol. The van der Waals surface area contributed by atoms with Crippen LogP contribution in [0.1, 0.15) is 27.8 Å². The minimum absolute atomic E-state index is 0.181. The Balaban J connectivity index is 1.86. The van der Waals surface area contributed by atoms with Gasteiger partial charge in [0.1, 0.15) is 28.7 Å². The molecule has 3 N–H and O–H groups in total. The normalized spacial score (nSPS) is 10.9. The Hall–Kier alpha value is -4.12. The molecule has 0 radical (unpaired) electrons. The summed E-state index contributed by atoms with van der Waals surface area (Å²) in [4.78, 5) is 2.10. The fourth-order valence-corrected chi connectivity index (χ4v) is 3.95. The summed E-state index contributed by atoms with van der Waals surface area (Å²) in [6.07, 6.45) is 0. The Labute approximate surface area is 200 Å². The van der Waals surface area contributed by atoms with Crippen LogP contribution in [0.4, 0.5) is 17.1 Å². The van der Waals surface area contributed by atoms with Crippen molar-refractivity contribution in [2.75, 3.05) is 4.90 Å². The number of nitrogens with zero attached hydrogens (tertiary/aromatic N) is 1. The zero-order valence-electron chi connectivity index (χ0n) is 20.0. The lowest BCUT2D eigenvalue weighted by Gasteiger charge is -2.30. The highest BCUT2D eigenvalue weighted by molar-refractivity contribution is 5.82. The summed E-state index contributed by atoms with van der Waals surface area (Å²) in [6.45, 7) is 9.59. The van der Waals surface area contributed by atoms with Crippen molar-refractivity contribution in [2.24, 2.45) is 0 Å². The zero-order chi connectivity index (χ0) is 24.6. The maximum Gasteiger partial charge on any atom is 0.131 e. The second kappa shape index (κ2) is 9.02. The first-order chi connectivity index (χ1) is 16.2. The Kier molecular flexibility index (Phi) is 6.12. The molecule has 0 aliphatic carbocycles. The summed E-state index contributed by atoms with van der Waals surface area (Å²) in [5, 5.41) is 30.5. The van der Waals surface area contributed by atoms with Crippen molar-refractivity contribution in [1.29, 1.82) is 0 Å². The number of anilines is 3. The van der Waals surface area contributed by atoms with Gasteiger partial charge in [0.05, 0.1) is 0 Å². The third-order valence-electron chi connectivity index (χ3n) is 6.43. The molecule has 0 saturated heterocycles. The van der Waals surface area contributed by atoms with E-state index in [0.29, 0.717) is 11.5 Å². The number of phenolic OH excluding ortho intramolecular Hbond substituents is 3. The third-order valence-corrected chi connectivity index (χ3v) is 6.43. The number of aromatic hydroxyl groups is 3. The molecular formula is C29H29NO4. The van der Waals surface area contributed by atoms with E-state index in [0.717, 1.165) is 44.9 Å². The first-order valence-electron chi connectivity index (χ1n) is 11.1. The maximum atomic E-state index is 10.2. The lowest BCUT2D eigenvalue weighted by Crippen LogP contribution is -2.13. The highest BCUT2D eigenvalue weighted by Gasteiger charge is 2.20. The molecule has 0 aliphatic heterocycles. The predicted octanol–water partition coefficient (Wildman–Crippen LogP) is 7.61. The number of ether oxygens (including phenoxy) is 1. The molecular weight excluding hydrogens is 426 g/mol. The van der Waals surface area contributed by atoms with E-state index in [1.165, 1.54) is 0 Å². The van der Waals surface area contributed by atoms with Crippen LogP contribution >= 0.6 is 0 Å². The van der Waals surface area contributed by atoms with Crippen LogP contribution in [0, 0.1) is 34.6 Å². The summed E-state index contributed by atoms with van der Waals surface area (Å²) in [7, 11) is 0. The standard InChI is InChI=1S/C29H29NO4/c1-17-9-10-24(16-29(17)33)34-23-8-6-7-22(15-23)30(25-11-13-27(31)20(4)18(25)2)26-12-14-28(32)21(5)19(26)3/h6-16,31-33H,1-5H3. The summed E-state index contributed by atoms with van der Waals surface area (Å²) in [6, 6.07) is 20.1. The van der Waals surface area contributed by atoms with Crippen LogP contribution in [0.25, 0.3) is 0 Å². The molecule has 0 heterocycles. The number of hydrogen-bond acceptors (Lipinski definition) is 5.